The summed E-state index contributed by atoms with van der Waals surface area (Å²) in [5.41, 5.74) is 5.70. The van der Waals surface area contributed by atoms with Gasteiger partial charge in [-0.05, 0) is 50.8 Å². The molecule has 2 aromatic rings. The van der Waals surface area contributed by atoms with E-state index < -0.39 is 0 Å². The molecule has 126 valence electrons. The number of carbonyl (C=O) groups is 1. The van der Waals surface area contributed by atoms with Crippen LogP contribution in [0.2, 0.25) is 0 Å². The second-order valence-corrected chi connectivity index (χ2v) is 7.65. The molecule has 2 heterocycles. The predicted octanol–water partition coefficient (Wildman–Crippen LogP) is 3.47. The van der Waals surface area contributed by atoms with Crippen molar-refractivity contribution >= 4 is 17.7 Å². The van der Waals surface area contributed by atoms with E-state index in [0.29, 0.717) is 11.7 Å². The Bertz CT molecular complexity index is 752. The van der Waals surface area contributed by atoms with Gasteiger partial charge in [0.1, 0.15) is 0 Å². The zero-order valence-corrected chi connectivity index (χ0v) is 15.5. The van der Waals surface area contributed by atoms with E-state index in [1.54, 1.807) is 0 Å². The summed E-state index contributed by atoms with van der Waals surface area (Å²) in [6.45, 7) is 9.44. The maximum atomic E-state index is 12.8. The highest BCUT2D eigenvalue weighted by atomic mass is 32.2. The highest BCUT2D eigenvalue weighted by Gasteiger charge is 2.26. The van der Waals surface area contributed by atoms with Gasteiger partial charge in [-0.2, -0.15) is 0 Å². The molecule has 1 atom stereocenters. The number of hydrogen-bond acceptors (Lipinski definition) is 4. The molecule has 0 fully saturated rings. The molecule has 0 spiro atoms. The number of carbonyl (C=O) groups excluding carboxylic acids is 1. The number of amides is 1. The molecule has 0 saturated heterocycles. The molecule has 1 aromatic carbocycles. The average molecular weight is 341 g/mol. The molecular weight excluding hydrogens is 318 g/mol. The standard InChI is InChI=1S/C19H23N3OS/c1-12-13(2)20-19(21-14(12)3)24-15(4)18(23)22-10-9-16-7-5-6-8-17(16)11-22/h5-8,15H,9-11H2,1-4H3/t15-/m0/s1. The van der Waals surface area contributed by atoms with Gasteiger partial charge in [0.05, 0.1) is 5.25 Å². The van der Waals surface area contributed by atoms with E-state index in [9.17, 15) is 4.79 Å². The van der Waals surface area contributed by atoms with Crippen LogP contribution in [0.5, 0.6) is 0 Å². The summed E-state index contributed by atoms with van der Waals surface area (Å²) in [4.78, 5) is 23.8. The fraction of sp³-hybridized carbons (Fsp3) is 0.421. The quantitative estimate of drug-likeness (QED) is 0.633. The highest BCUT2D eigenvalue weighted by molar-refractivity contribution is 8.00. The van der Waals surface area contributed by atoms with Crippen molar-refractivity contribution in [3.63, 3.8) is 0 Å². The van der Waals surface area contributed by atoms with Crippen LogP contribution in [-0.2, 0) is 17.8 Å². The minimum absolute atomic E-state index is 0.161. The normalized spacial score (nSPS) is 15.1. The number of nitrogens with zero attached hydrogens (tertiary/aromatic N) is 3. The van der Waals surface area contributed by atoms with Gasteiger partial charge in [0.15, 0.2) is 5.16 Å². The summed E-state index contributed by atoms with van der Waals surface area (Å²) < 4.78 is 0. The first-order valence-corrected chi connectivity index (χ1v) is 9.17. The summed E-state index contributed by atoms with van der Waals surface area (Å²) in [6.07, 6.45) is 0.929. The lowest BCUT2D eigenvalue weighted by Crippen LogP contribution is -2.40. The van der Waals surface area contributed by atoms with Crippen molar-refractivity contribution in [2.24, 2.45) is 0 Å². The largest absolute Gasteiger partial charge is 0.337 e. The van der Waals surface area contributed by atoms with Crippen LogP contribution in [0.25, 0.3) is 0 Å². The van der Waals surface area contributed by atoms with E-state index >= 15 is 0 Å². The molecule has 0 unspecified atom stereocenters. The van der Waals surface area contributed by atoms with Crippen molar-refractivity contribution in [1.82, 2.24) is 14.9 Å². The third kappa shape index (κ3) is 3.46. The Labute approximate surface area is 147 Å². The molecule has 1 aliphatic heterocycles. The number of rotatable bonds is 3. The van der Waals surface area contributed by atoms with Gasteiger partial charge in [-0.15, -0.1) is 0 Å². The summed E-state index contributed by atoms with van der Waals surface area (Å²) in [7, 11) is 0. The Kier molecular flexibility index (Phi) is 4.90. The SMILES string of the molecule is Cc1nc(S[C@@H](C)C(=O)N2CCc3ccccc3C2)nc(C)c1C. The van der Waals surface area contributed by atoms with Crippen molar-refractivity contribution in [3.05, 3.63) is 52.3 Å². The van der Waals surface area contributed by atoms with Crippen LogP contribution >= 0.6 is 11.8 Å². The van der Waals surface area contributed by atoms with E-state index in [-0.39, 0.29) is 11.2 Å². The van der Waals surface area contributed by atoms with Gasteiger partial charge in [0.25, 0.3) is 0 Å². The zero-order chi connectivity index (χ0) is 17.3. The molecular formula is C19H23N3OS. The molecule has 4 nitrogen and oxygen atoms in total. The van der Waals surface area contributed by atoms with E-state index in [1.165, 1.54) is 22.9 Å². The van der Waals surface area contributed by atoms with Crippen LogP contribution < -0.4 is 0 Å². The van der Waals surface area contributed by atoms with Crippen LogP contribution in [0.15, 0.2) is 29.4 Å². The molecule has 1 amide bonds. The van der Waals surface area contributed by atoms with Crippen molar-refractivity contribution in [2.45, 2.75) is 51.1 Å². The lowest BCUT2D eigenvalue weighted by atomic mass is 10.00. The molecule has 1 aliphatic rings. The number of aryl methyl sites for hydroxylation is 2. The molecule has 3 rings (SSSR count). The third-order valence-electron chi connectivity index (χ3n) is 4.68. The number of thioether (sulfide) groups is 1. The van der Waals surface area contributed by atoms with Gasteiger partial charge in [-0.25, -0.2) is 9.97 Å². The summed E-state index contributed by atoms with van der Waals surface area (Å²) in [5, 5.41) is 0.505. The average Bonchev–Trinajstić information content (AvgIpc) is 2.58. The first kappa shape index (κ1) is 17.0. The maximum Gasteiger partial charge on any atom is 0.236 e. The van der Waals surface area contributed by atoms with Crippen molar-refractivity contribution in [2.75, 3.05) is 6.54 Å². The lowest BCUT2D eigenvalue weighted by molar-refractivity contribution is -0.131. The second kappa shape index (κ2) is 6.93. The smallest absolute Gasteiger partial charge is 0.236 e. The molecule has 0 radical (unpaired) electrons. The van der Waals surface area contributed by atoms with Crippen LogP contribution in [0.1, 0.15) is 35.0 Å². The third-order valence-corrected chi connectivity index (χ3v) is 5.63. The van der Waals surface area contributed by atoms with E-state index in [4.69, 9.17) is 0 Å². The summed E-state index contributed by atoms with van der Waals surface area (Å²) >= 11 is 1.45. The first-order chi connectivity index (χ1) is 11.5. The number of benzene rings is 1. The highest BCUT2D eigenvalue weighted by Crippen LogP contribution is 2.25. The van der Waals surface area contributed by atoms with Crippen LogP contribution in [0.3, 0.4) is 0 Å². The van der Waals surface area contributed by atoms with Gasteiger partial charge in [0.2, 0.25) is 5.91 Å². The van der Waals surface area contributed by atoms with Crippen LogP contribution in [-0.4, -0.2) is 32.6 Å². The lowest BCUT2D eigenvalue weighted by Gasteiger charge is -2.30. The van der Waals surface area contributed by atoms with E-state index in [1.807, 2.05) is 38.7 Å². The van der Waals surface area contributed by atoms with Gasteiger partial charge in [-0.1, -0.05) is 36.0 Å². The fourth-order valence-corrected chi connectivity index (χ4v) is 3.89. The fourth-order valence-electron chi connectivity index (χ4n) is 2.94. The minimum atomic E-state index is -0.184. The van der Waals surface area contributed by atoms with Gasteiger partial charge in [-0.3, -0.25) is 4.79 Å². The van der Waals surface area contributed by atoms with Crippen molar-refractivity contribution < 1.29 is 4.79 Å². The number of fused-ring (bicyclic) bond motifs is 1. The Morgan fingerprint density at radius 2 is 1.75 bits per heavy atom. The molecule has 0 bridgehead atoms. The maximum absolute atomic E-state index is 12.8. The first-order valence-electron chi connectivity index (χ1n) is 8.29. The predicted molar refractivity (Wildman–Crippen MR) is 97.1 cm³/mol. The van der Waals surface area contributed by atoms with Crippen LogP contribution in [0.4, 0.5) is 0 Å². The molecule has 1 aromatic heterocycles. The second-order valence-electron chi connectivity index (χ2n) is 6.34. The Morgan fingerprint density at radius 1 is 1.12 bits per heavy atom. The Balaban J connectivity index is 1.70. The van der Waals surface area contributed by atoms with Gasteiger partial charge < -0.3 is 4.90 Å². The van der Waals surface area contributed by atoms with E-state index in [0.717, 1.165) is 29.9 Å². The molecule has 5 heteroatoms. The Morgan fingerprint density at radius 3 is 2.42 bits per heavy atom. The number of aromatic nitrogens is 2. The summed E-state index contributed by atoms with van der Waals surface area (Å²) in [6, 6.07) is 8.37. The van der Waals surface area contributed by atoms with E-state index in [2.05, 4.69) is 28.2 Å². The van der Waals surface area contributed by atoms with Crippen molar-refractivity contribution in [3.8, 4) is 0 Å². The summed E-state index contributed by atoms with van der Waals surface area (Å²) in [5.74, 6) is 0.161. The van der Waals surface area contributed by atoms with Gasteiger partial charge in [0, 0.05) is 24.5 Å². The minimum Gasteiger partial charge on any atom is -0.337 e. The number of hydrogen-bond donors (Lipinski definition) is 0. The topological polar surface area (TPSA) is 46.1 Å². The molecule has 0 aliphatic carbocycles. The van der Waals surface area contributed by atoms with Crippen LogP contribution in [0, 0.1) is 20.8 Å². The molecule has 0 saturated carbocycles. The molecule has 24 heavy (non-hydrogen) atoms. The molecule has 0 N–H and O–H groups in total. The van der Waals surface area contributed by atoms with Crippen molar-refractivity contribution in [1.29, 1.82) is 0 Å². The monoisotopic (exact) mass is 341 g/mol. The Hall–Kier alpha value is -1.88. The van der Waals surface area contributed by atoms with Gasteiger partial charge >= 0.3 is 0 Å². The zero-order valence-electron chi connectivity index (χ0n) is 14.7.